The highest BCUT2D eigenvalue weighted by Crippen LogP contribution is 2.05. The summed E-state index contributed by atoms with van der Waals surface area (Å²) in [4.78, 5) is 23.7. The Morgan fingerprint density at radius 1 is 0.818 bits per heavy atom. The second-order valence-corrected chi connectivity index (χ2v) is 5.00. The molecule has 114 valence electrons. The van der Waals surface area contributed by atoms with Crippen LogP contribution >= 0.6 is 0 Å². The Morgan fingerprint density at radius 3 is 2.05 bits per heavy atom. The van der Waals surface area contributed by atoms with Gasteiger partial charge in [-0.15, -0.1) is 0 Å². The molecule has 2 aromatic carbocycles. The first kappa shape index (κ1) is 15.8. The highest BCUT2D eigenvalue weighted by atomic mass is 16.2. The lowest BCUT2D eigenvalue weighted by Gasteiger charge is -2.07. The molecule has 2 aromatic rings. The minimum atomic E-state index is -0.106. The predicted octanol–water partition coefficient (Wildman–Crippen LogP) is 2.76. The summed E-state index contributed by atoms with van der Waals surface area (Å²) in [5.41, 5.74) is 2.22. The second-order valence-electron chi connectivity index (χ2n) is 5.00. The first-order valence-corrected chi connectivity index (χ1v) is 7.41. The van der Waals surface area contributed by atoms with Crippen LogP contribution in [0.2, 0.25) is 0 Å². The van der Waals surface area contributed by atoms with E-state index in [1.807, 2.05) is 37.3 Å². The minimum absolute atomic E-state index is 0.0679. The highest BCUT2D eigenvalue weighted by Gasteiger charge is 2.06. The number of hydrogen-bond donors (Lipinski definition) is 2. The van der Waals surface area contributed by atoms with Gasteiger partial charge in [0.2, 0.25) is 0 Å². The van der Waals surface area contributed by atoms with E-state index in [9.17, 15) is 9.59 Å². The summed E-state index contributed by atoms with van der Waals surface area (Å²) < 4.78 is 0. The molecule has 0 bridgehead atoms. The molecule has 0 aliphatic rings. The lowest BCUT2D eigenvalue weighted by atomic mass is 10.1. The zero-order valence-corrected chi connectivity index (χ0v) is 12.6. The van der Waals surface area contributed by atoms with Crippen LogP contribution in [-0.2, 0) is 6.54 Å². The lowest BCUT2D eigenvalue weighted by molar-refractivity contribution is 0.0943. The van der Waals surface area contributed by atoms with Gasteiger partial charge in [0.25, 0.3) is 11.8 Å². The van der Waals surface area contributed by atoms with Crippen LogP contribution in [0.1, 0.15) is 39.6 Å². The molecule has 0 aliphatic carbocycles. The maximum Gasteiger partial charge on any atom is 0.251 e. The number of hydrogen-bond acceptors (Lipinski definition) is 2. The van der Waals surface area contributed by atoms with Crippen molar-refractivity contribution in [3.8, 4) is 0 Å². The van der Waals surface area contributed by atoms with Gasteiger partial charge in [-0.05, 0) is 36.2 Å². The molecule has 2 N–H and O–H groups in total. The fraction of sp³-hybridized carbons (Fsp3) is 0.222. The Morgan fingerprint density at radius 2 is 1.41 bits per heavy atom. The van der Waals surface area contributed by atoms with Gasteiger partial charge in [-0.3, -0.25) is 9.59 Å². The third-order valence-corrected chi connectivity index (χ3v) is 3.24. The van der Waals surface area contributed by atoms with Crippen molar-refractivity contribution in [1.29, 1.82) is 0 Å². The number of carbonyl (C=O) groups excluding carboxylic acids is 2. The summed E-state index contributed by atoms with van der Waals surface area (Å²) in [6.07, 6.45) is 0.912. The standard InChI is InChI=1S/C18H20N2O2/c1-2-12-19-17(21)16-10-8-14(9-11-16)13-20-18(22)15-6-4-3-5-7-15/h3-11H,2,12-13H2,1H3,(H,19,21)(H,20,22). The minimum Gasteiger partial charge on any atom is -0.352 e. The Balaban J connectivity index is 1.89. The first-order valence-electron chi connectivity index (χ1n) is 7.41. The van der Waals surface area contributed by atoms with Crippen molar-refractivity contribution < 1.29 is 9.59 Å². The van der Waals surface area contributed by atoms with Gasteiger partial charge in [-0.1, -0.05) is 37.3 Å². The molecule has 22 heavy (non-hydrogen) atoms. The average Bonchev–Trinajstić information content (AvgIpc) is 2.58. The second kappa shape index (κ2) is 7.98. The molecule has 4 nitrogen and oxygen atoms in total. The predicted molar refractivity (Wildman–Crippen MR) is 86.7 cm³/mol. The van der Waals surface area contributed by atoms with Gasteiger partial charge in [0.15, 0.2) is 0 Å². The lowest BCUT2D eigenvalue weighted by Crippen LogP contribution is -2.24. The van der Waals surface area contributed by atoms with E-state index >= 15 is 0 Å². The summed E-state index contributed by atoms with van der Waals surface area (Å²) >= 11 is 0. The van der Waals surface area contributed by atoms with Crippen LogP contribution in [0.5, 0.6) is 0 Å². The zero-order chi connectivity index (χ0) is 15.8. The molecular formula is C18H20N2O2. The number of benzene rings is 2. The number of amides is 2. The Kier molecular flexibility index (Phi) is 5.72. The van der Waals surface area contributed by atoms with Crippen molar-refractivity contribution >= 4 is 11.8 Å². The van der Waals surface area contributed by atoms with Crippen LogP contribution in [0, 0.1) is 0 Å². The summed E-state index contributed by atoms with van der Waals surface area (Å²) in [5.74, 6) is -0.174. The number of rotatable bonds is 6. The molecule has 0 saturated carbocycles. The van der Waals surface area contributed by atoms with Crippen molar-refractivity contribution in [3.05, 3.63) is 71.3 Å². The third kappa shape index (κ3) is 4.45. The molecule has 2 amide bonds. The molecule has 0 unspecified atom stereocenters. The molecule has 4 heteroatoms. The fourth-order valence-electron chi connectivity index (χ4n) is 1.99. The van der Waals surface area contributed by atoms with E-state index < -0.39 is 0 Å². The Labute approximate surface area is 130 Å². The molecule has 0 aliphatic heterocycles. The van der Waals surface area contributed by atoms with E-state index in [0.717, 1.165) is 12.0 Å². The average molecular weight is 296 g/mol. The van der Waals surface area contributed by atoms with Crippen LogP contribution in [0.15, 0.2) is 54.6 Å². The quantitative estimate of drug-likeness (QED) is 0.861. The van der Waals surface area contributed by atoms with Gasteiger partial charge in [-0.2, -0.15) is 0 Å². The molecule has 0 saturated heterocycles. The third-order valence-electron chi connectivity index (χ3n) is 3.24. The van der Waals surface area contributed by atoms with Gasteiger partial charge in [0.05, 0.1) is 0 Å². The van der Waals surface area contributed by atoms with Gasteiger partial charge in [-0.25, -0.2) is 0 Å². The molecule has 0 heterocycles. The summed E-state index contributed by atoms with van der Waals surface area (Å²) in [5, 5.41) is 5.69. The van der Waals surface area contributed by atoms with Gasteiger partial charge in [0.1, 0.15) is 0 Å². The largest absolute Gasteiger partial charge is 0.352 e. The monoisotopic (exact) mass is 296 g/mol. The highest BCUT2D eigenvalue weighted by molar-refractivity contribution is 5.94. The molecule has 2 rings (SSSR count). The van der Waals surface area contributed by atoms with Crippen LogP contribution in [-0.4, -0.2) is 18.4 Å². The molecule has 0 atom stereocenters. The number of carbonyl (C=O) groups is 2. The maximum absolute atomic E-state index is 11.9. The van der Waals surface area contributed by atoms with Crippen molar-refractivity contribution in [2.75, 3.05) is 6.54 Å². The van der Waals surface area contributed by atoms with Crippen molar-refractivity contribution in [2.24, 2.45) is 0 Å². The van der Waals surface area contributed by atoms with Gasteiger partial charge < -0.3 is 10.6 Å². The summed E-state index contributed by atoms with van der Waals surface area (Å²) in [7, 11) is 0. The van der Waals surface area contributed by atoms with Crippen molar-refractivity contribution in [2.45, 2.75) is 19.9 Å². The Hall–Kier alpha value is -2.62. The van der Waals surface area contributed by atoms with Crippen LogP contribution in [0.25, 0.3) is 0 Å². The van der Waals surface area contributed by atoms with Crippen LogP contribution in [0.3, 0.4) is 0 Å². The van der Waals surface area contributed by atoms with Crippen molar-refractivity contribution in [3.63, 3.8) is 0 Å². The molecule has 0 spiro atoms. The molecule has 0 radical (unpaired) electrons. The van der Waals surface area contributed by atoms with E-state index in [4.69, 9.17) is 0 Å². The summed E-state index contributed by atoms with van der Waals surface area (Å²) in [6.45, 7) is 3.12. The van der Waals surface area contributed by atoms with E-state index in [1.165, 1.54) is 0 Å². The van der Waals surface area contributed by atoms with E-state index in [2.05, 4.69) is 10.6 Å². The smallest absolute Gasteiger partial charge is 0.251 e. The van der Waals surface area contributed by atoms with Crippen molar-refractivity contribution in [1.82, 2.24) is 10.6 Å². The molecule has 0 fully saturated rings. The SMILES string of the molecule is CCCNC(=O)c1ccc(CNC(=O)c2ccccc2)cc1. The van der Waals surface area contributed by atoms with Crippen LogP contribution < -0.4 is 10.6 Å². The topological polar surface area (TPSA) is 58.2 Å². The van der Waals surface area contributed by atoms with Gasteiger partial charge in [0, 0.05) is 24.2 Å². The normalized spacial score (nSPS) is 10.0. The Bertz CT molecular complexity index is 621. The number of nitrogens with one attached hydrogen (secondary N) is 2. The molecular weight excluding hydrogens is 276 g/mol. The zero-order valence-electron chi connectivity index (χ0n) is 12.6. The fourth-order valence-corrected chi connectivity index (χ4v) is 1.99. The van der Waals surface area contributed by atoms with Crippen LogP contribution in [0.4, 0.5) is 0 Å². The summed E-state index contributed by atoms with van der Waals surface area (Å²) in [6, 6.07) is 16.3. The molecule has 0 aromatic heterocycles. The van der Waals surface area contributed by atoms with Gasteiger partial charge >= 0.3 is 0 Å². The maximum atomic E-state index is 11.9. The van der Waals surface area contributed by atoms with E-state index in [0.29, 0.717) is 24.2 Å². The van der Waals surface area contributed by atoms with E-state index in [-0.39, 0.29) is 11.8 Å². The van der Waals surface area contributed by atoms with E-state index in [1.54, 1.807) is 24.3 Å². The first-order chi connectivity index (χ1) is 10.7.